The molecule has 0 amide bonds. The van der Waals surface area contributed by atoms with Gasteiger partial charge in [0.25, 0.3) is 0 Å². The van der Waals surface area contributed by atoms with Gasteiger partial charge in [-0.15, -0.1) is 0 Å². The van der Waals surface area contributed by atoms with Gasteiger partial charge >= 0.3 is 0 Å². The van der Waals surface area contributed by atoms with Gasteiger partial charge in [0.15, 0.2) is 0 Å². The van der Waals surface area contributed by atoms with E-state index in [1.807, 2.05) is 18.7 Å². The first kappa shape index (κ1) is 14.3. The van der Waals surface area contributed by atoms with Gasteiger partial charge in [0, 0.05) is 26.2 Å². The molecule has 1 N–H and O–H groups in total. The maximum atomic E-state index is 9.52. The van der Waals surface area contributed by atoms with Crippen LogP contribution in [0.2, 0.25) is 0 Å². The van der Waals surface area contributed by atoms with E-state index in [1.165, 1.54) is 25.9 Å². The van der Waals surface area contributed by atoms with Crippen LogP contribution in [-0.2, 0) is 13.7 Å². The van der Waals surface area contributed by atoms with E-state index in [4.69, 9.17) is 0 Å². The Balaban J connectivity index is 2.05. The van der Waals surface area contributed by atoms with Gasteiger partial charge in [-0.1, -0.05) is 0 Å². The smallest absolute Gasteiger partial charge is 0.132 e. The molecule has 5 nitrogen and oxygen atoms in total. The third kappa shape index (κ3) is 3.09. The van der Waals surface area contributed by atoms with E-state index < -0.39 is 0 Å². The van der Waals surface area contributed by atoms with Gasteiger partial charge < -0.3 is 14.9 Å². The van der Waals surface area contributed by atoms with E-state index in [0.717, 1.165) is 29.5 Å². The first-order chi connectivity index (χ1) is 9.02. The Morgan fingerprint density at radius 1 is 1.32 bits per heavy atom. The molecule has 0 atom stereocenters. The summed E-state index contributed by atoms with van der Waals surface area (Å²) in [4.78, 5) is 4.64. The second-order valence-electron chi connectivity index (χ2n) is 5.80. The standard InChI is InChI=1S/C14H26N4O/c1-11-13(10-19)14(18(4)15-11)17(3)9-12-5-7-16(2)8-6-12/h12,19H,5-10H2,1-4H3. The van der Waals surface area contributed by atoms with Crippen molar-refractivity contribution in [2.24, 2.45) is 13.0 Å². The molecule has 108 valence electrons. The fraction of sp³-hybridized carbons (Fsp3) is 0.786. The first-order valence-electron chi connectivity index (χ1n) is 7.06. The molecule has 0 unspecified atom stereocenters. The summed E-state index contributed by atoms with van der Waals surface area (Å²) >= 11 is 0. The molecule has 0 saturated carbocycles. The molecule has 0 radical (unpaired) electrons. The Hall–Kier alpha value is -1.07. The molecule has 1 fully saturated rings. The number of likely N-dealkylation sites (tertiary alicyclic amines) is 1. The Kier molecular flexibility index (Phi) is 4.47. The summed E-state index contributed by atoms with van der Waals surface area (Å²) in [7, 11) is 6.24. The van der Waals surface area contributed by atoms with E-state index in [1.54, 1.807) is 0 Å². The van der Waals surface area contributed by atoms with Crippen LogP contribution in [0.4, 0.5) is 5.82 Å². The van der Waals surface area contributed by atoms with Crippen LogP contribution in [0.3, 0.4) is 0 Å². The quantitative estimate of drug-likeness (QED) is 0.883. The molecule has 1 aliphatic heterocycles. The lowest BCUT2D eigenvalue weighted by Gasteiger charge is -2.32. The van der Waals surface area contributed by atoms with Crippen LogP contribution in [0.5, 0.6) is 0 Å². The third-order valence-electron chi connectivity index (χ3n) is 4.20. The SMILES string of the molecule is Cc1nn(C)c(N(C)CC2CCN(C)CC2)c1CO. The van der Waals surface area contributed by atoms with Crippen LogP contribution in [0.1, 0.15) is 24.1 Å². The number of hydrogen-bond donors (Lipinski definition) is 1. The lowest BCUT2D eigenvalue weighted by atomic mass is 9.96. The fourth-order valence-electron chi connectivity index (χ4n) is 3.07. The Bertz CT molecular complexity index is 421. The largest absolute Gasteiger partial charge is 0.391 e. The summed E-state index contributed by atoms with van der Waals surface area (Å²) in [6, 6.07) is 0. The minimum Gasteiger partial charge on any atom is -0.391 e. The van der Waals surface area contributed by atoms with Gasteiger partial charge in [-0.2, -0.15) is 5.10 Å². The van der Waals surface area contributed by atoms with Gasteiger partial charge in [-0.05, 0) is 45.8 Å². The highest BCUT2D eigenvalue weighted by Crippen LogP contribution is 2.25. The van der Waals surface area contributed by atoms with Gasteiger partial charge in [0.05, 0.1) is 12.3 Å². The zero-order valence-corrected chi connectivity index (χ0v) is 12.6. The highest BCUT2D eigenvalue weighted by atomic mass is 16.3. The molecule has 5 heteroatoms. The van der Waals surface area contributed by atoms with Gasteiger partial charge in [-0.25, -0.2) is 0 Å². The molecule has 0 aromatic carbocycles. The molecule has 19 heavy (non-hydrogen) atoms. The van der Waals surface area contributed by atoms with Crippen molar-refractivity contribution in [1.29, 1.82) is 0 Å². The number of aliphatic hydroxyl groups is 1. The van der Waals surface area contributed by atoms with Gasteiger partial charge in [0.1, 0.15) is 5.82 Å². The number of anilines is 1. The lowest BCUT2D eigenvalue weighted by Crippen LogP contribution is -2.36. The summed E-state index contributed by atoms with van der Waals surface area (Å²) in [6.07, 6.45) is 2.51. The molecule has 1 aliphatic rings. The highest BCUT2D eigenvalue weighted by molar-refractivity contribution is 5.49. The van der Waals surface area contributed by atoms with Crippen LogP contribution in [-0.4, -0.2) is 53.5 Å². The Morgan fingerprint density at radius 2 is 1.95 bits per heavy atom. The second-order valence-corrected chi connectivity index (χ2v) is 5.80. The molecule has 0 bridgehead atoms. The number of rotatable bonds is 4. The number of nitrogens with zero attached hydrogens (tertiary/aromatic N) is 4. The summed E-state index contributed by atoms with van der Waals surface area (Å²) in [5, 5.41) is 13.9. The molecular formula is C14H26N4O. The van der Waals surface area contributed by atoms with Crippen LogP contribution in [0.25, 0.3) is 0 Å². The predicted molar refractivity (Wildman–Crippen MR) is 77.4 cm³/mol. The zero-order valence-electron chi connectivity index (χ0n) is 12.6. The number of piperidine rings is 1. The molecule has 2 rings (SSSR count). The van der Waals surface area contributed by atoms with E-state index >= 15 is 0 Å². The van der Waals surface area contributed by atoms with Crippen LogP contribution < -0.4 is 4.90 Å². The molecule has 0 aliphatic carbocycles. The first-order valence-corrected chi connectivity index (χ1v) is 7.06. The van der Waals surface area contributed by atoms with Crippen molar-refractivity contribution >= 4 is 5.82 Å². The lowest BCUT2D eigenvalue weighted by molar-refractivity contribution is 0.222. The van der Waals surface area contributed by atoms with E-state index in [2.05, 4.69) is 29.0 Å². The van der Waals surface area contributed by atoms with E-state index in [9.17, 15) is 5.11 Å². The molecular weight excluding hydrogens is 240 g/mol. The second kappa shape index (κ2) is 5.92. The molecule has 1 aromatic rings. The van der Waals surface area contributed by atoms with Crippen LogP contribution in [0.15, 0.2) is 0 Å². The summed E-state index contributed by atoms with van der Waals surface area (Å²) in [5.41, 5.74) is 1.88. The summed E-state index contributed by atoms with van der Waals surface area (Å²) in [6.45, 7) is 5.44. The van der Waals surface area contributed by atoms with Crippen molar-refractivity contribution < 1.29 is 5.11 Å². The van der Waals surface area contributed by atoms with Crippen LogP contribution >= 0.6 is 0 Å². The third-order valence-corrected chi connectivity index (χ3v) is 4.20. The Morgan fingerprint density at radius 3 is 2.53 bits per heavy atom. The molecule has 2 heterocycles. The number of aromatic nitrogens is 2. The zero-order chi connectivity index (χ0) is 14.0. The van der Waals surface area contributed by atoms with Crippen molar-refractivity contribution in [1.82, 2.24) is 14.7 Å². The maximum absolute atomic E-state index is 9.52. The average Bonchev–Trinajstić information content (AvgIpc) is 2.66. The number of hydrogen-bond acceptors (Lipinski definition) is 4. The van der Waals surface area contributed by atoms with Gasteiger partial charge in [-0.3, -0.25) is 4.68 Å². The normalized spacial score (nSPS) is 17.9. The van der Waals surface area contributed by atoms with Crippen molar-refractivity contribution in [3.63, 3.8) is 0 Å². The monoisotopic (exact) mass is 266 g/mol. The predicted octanol–water partition coefficient (Wildman–Crippen LogP) is 0.999. The average molecular weight is 266 g/mol. The Labute approximate surface area is 115 Å². The van der Waals surface area contributed by atoms with Crippen molar-refractivity contribution in [2.45, 2.75) is 26.4 Å². The number of aliphatic hydroxyl groups excluding tert-OH is 1. The molecule has 1 aromatic heterocycles. The van der Waals surface area contributed by atoms with Crippen molar-refractivity contribution in [3.8, 4) is 0 Å². The number of aryl methyl sites for hydroxylation is 2. The van der Waals surface area contributed by atoms with Crippen molar-refractivity contribution in [3.05, 3.63) is 11.3 Å². The topological polar surface area (TPSA) is 44.5 Å². The summed E-state index contributed by atoms with van der Waals surface area (Å²) in [5.74, 6) is 1.79. The maximum Gasteiger partial charge on any atom is 0.132 e. The minimum atomic E-state index is 0.0623. The van der Waals surface area contributed by atoms with Crippen molar-refractivity contribution in [2.75, 3.05) is 38.6 Å². The summed E-state index contributed by atoms with van der Waals surface area (Å²) < 4.78 is 1.88. The molecule has 0 spiro atoms. The van der Waals surface area contributed by atoms with Gasteiger partial charge in [0.2, 0.25) is 0 Å². The highest BCUT2D eigenvalue weighted by Gasteiger charge is 2.22. The van der Waals surface area contributed by atoms with Crippen LogP contribution in [0, 0.1) is 12.8 Å². The minimum absolute atomic E-state index is 0.0623. The van der Waals surface area contributed by atoms with E-state index in [-0.39, 0.29) is 6.61 Å². The molecule has 1 saturated heterocycles. The van der Waals surface area contributed by atoms with E-state index in [0.29, 0.717) is 0 Å². The fourth-order valence-corrected chi connectivity index (χ4v) is 3.07.